The molecule has 2 aliphatic heterocycles. The van der Waals surface area contributed by atoms with Crippen molar-refractivity contribution in [2.24, 2.45) is 0 Å². The van der Waals surface area contributed by atoms with Crippen molar-refractivity contribution in [3.05, 3.63) is 120 Å². The minimum absolute atomic E-state index is 0. The third kappa shape index (κ3) is 3.71. The maximum Gasteiger partial charge on any atom is 2.00 e. The Bertz CT molecular complexity index is 3330. The second kappa shape index (κ2) is 10.2. The average molecular weight is 898 g/mol. The number of imidazole rings is 1. The van der Waals surface area contributed by atoms with Crippen LogP contribution in [0.25, 0.3) is 88.0 Å². The predicted octanol–water partition coefficient (Wildman–Crippen LogP) is 12.0. The van der Waals surface area contributed by atoms with Gasteiger partial charge in [0.2, 0.25) is 0 Å². The number of aromatic nitrogens is 4. The van der Waals surface area contributed by atoms with Crippen LogP contribution in [0.5, 0.6) is 0 Å². The van der Waals surface area contributed by atoms with Crippen LogP contribution in [-0.4, -0.2) is 19.2 Å². The van der Waals surface area contributed by atoms with E-state index >= 15 is 0 Å². The van der Waals surface area contributed by atoms with Gasteiger partial charge in [-0.2, -0.15) is 5.10 Å². The Morgan fingerprint density at radius 3 is 2.00 bits per heavy atom. The second-order valence-electron chi connectivity index (χ2n) is 17.8. The molecule has 0 bridgehead atoms. The van der Waals surface area contributed by atoms with Gasteiger partial charge in [-0.3, -0.25) is 9.67 Å². The number of pyridine rings is 1. The Hall–Kier alpha value is -5.19. The van der Waals surface area contributed by atoms with Gasteiger partial charge < -0.3 is 13.2 Å². The largest absolute Gasteiger partial charge is 2.00 e. The summed E-state index contributed by atoms with van der Waals surface area (Å²) in [5.41, 5.74) is 12.8. The van der Waals surface area contributed by atoms with Gasteiger partial charge in [0.15, 0.2) is 0 Å². The molecule has 0 amide bonds. The summed E-state index contributed by atoms with van der Waals surface area (Å²) < 4.78 is 17.9. The van der Waals surface area contributed by atoms with Gasteiger partial charge in [-0.15, -0.1) is 17.5 Å². The summed E-state index contributed by atoms with van der Waals surface area (Å²) in [6, 6.07) is 33.6. The van der Waals surface area contributed by atoms with E-state index in [4.69, 9.17) is 18.9 Å². The van der Waals surface area contributed by atoms with Crippen LogP contribution >= 0.6 is 0 Å². The summed E-state index contributed by atoms with van der Waals surface area (Å²) in [6.45, 7) is 18.7. The summed E-state index contributed by atoms with van der Waals surface area (Å²) in [7, 11) is 0. The normalized spacial score (nSPS) is 17.5. The Morgan fingerprint density at radius 1 is 0.600 bits per heavy atom. The predicted molar refractivity (Wildman–Crippen MR) is 217 cm³/mol. The monoisotopic (exact) mass is 897 g/mol. The van der Waals surface area contributed by atoms with Crippen molar-refractivity contribution < 1.29 is 29.9 Å². The topological polar surface area (TPSA) is 61.4 Å². The third-order valence-electron chi connectivity index (χ3n) is 14.4. The van der Waals surface area contributed by atoms with Crippen molar-refractivity contribution in [3.8, 4) is 16.8 Å². The molecule has 272 valence electrons. The number of nitrogens with zero attached hydrogens (tertiary/aromatic N) is 4. The first-order valence-electron chi connectivity index (χ1n) is 18.9. The Kier molecular flexibility index (Phi) is 6.13. The van der Waals surface area contributed by atoms with E-state index in [-0.39, 0.29) is 42.7 Å². The number of benzene rings is 5. The molecule has 0 fully saturated rings. The van der Waals surface area contributed by atoms with Crippen LogP contribution < -0.4 is 0 Å². The van der Waals surface area contributed by atoms with Crippen LogP contribution in [0.2, 0.25) is 0 Å². The molecule has 12 rings (SSSR count). The number of para-hydroxylation sites is 1. The SMILES string of the molecule is CC1(C)c2cc3oc4ccc5oc6cc7c([c-]c6c5c4c3[c-]c2-n2ncc(-c3ccccc3)c2C1(C)C)c1ncc2n1c1c(cccc71)C(C)(C)C2(C)C.[Pt+2]. The maximum absolute atomic E-state index is 6.72. The van der Waals surface area contributed by atoms with E-state index in [1.807, 2.05) is 18.3 Å². The molecule has 0 aliphatic carbocycles. The van der Waals surface area contributed by atoms with Gasteiger partial charge in [0, 0.05) is 44.8 Å². The maximum atomic E-state index is 6.72. The van der Waals surface area contributed by atoms with Crippen LogP contribution in [0, 0.1) is 12.1 Å². The summed E-state index contributed by atoms with van der Waals surface area (Å²) in [5, 5.41) is 12.1. The molecule has 0 N–H and O–H groups in total. The van der Waals surface area contributed by atoms with Crippen molar-refractivity contribution in [2.75, 3.05) is 0 Å². The molecule has 0 saturated heterocycles. The number of fused-ring (bicyclic) bond motifs is 13. The summed E-state index contributed by atoms with van der Waals surface area (Å²) in [6.07, 6.45) is 4.09. The fourth-order valence-electron chi connectivity index (χ4n) is 10.0. The minimum atomic E-state index is -0.251. The number of rotatable bonds is 1. The van der Waals surface area contributed by atoms with Gasteiger partial charge in [0.1, 0.15) is 0 Å². The summed E-state index contributed by atoms with van der Waals surface area (Å²) in [4.78, 5) is 5.12. The molecule has 55 heavy (non-hydrogen) atoms. The van der Waals surface area contributed by atoms with Gasteiger partial charge in [0.05, 0.1) is 34.3 Å². The number of furan rings is 2. The molecule has 0 saturated carbocycles. The van der Waals surface area contributed by atoms with E-state index in [1.165, 1.54) is 27.9 Å². The molecular weight excluding hydrogens is 860 g/mol. The molecule has 5 aromatic carbocycles. The first-order chi connectivity index (χ1) is 25.8. The first kappa shape index (κ1) is 33.2. The molecule has 5 aromatic heterocycles. The van der Waals surface area contributed by atoms with E-state index < -0.39 is 0 Å². The van der Waals surface area contributed by atoms with Gasteiger partial charge in [-0.05, 0) is 39.7 Å². The van der Waals surface area contributed by atoms with E-state index in [9.17, 15) is 0 Å². The molecule has 0 radical (unpaired) electrons. The number of hydrogen-bond acceptors (Lipinski definition) is 4. The van der Waals surface area contributed by atoms with E-state index in [1.54, 1.807) is 0 Å². The van der Waals surface area contributed by atoms with E-state index in [2.05, 4.69) is 143 Å². The van der Waals surface area contributed by atoms with Crippen molar-refractivity contribution in [1.29, 1.82) is 0 Å². The van der Waals surface area contributed by atoms with Gasteiger partial charge >= 0.3 is 21.1 Å². The third-order valence-corrected chi connectivity index (χ3v) is 14.4. The standard InChI is InChI=1S/C48H38N4O2.Pt/c1-45(2)32-16-12-15-26-27-21-37-29(19-28(27)44-49-24-39(47(45,5)6)51(44)42(26)32)40-35(53-37)17-18-36-41(40)30-20-34-33(22-38(30)54-36)46(3,4)48(7,8)43-31(23-50-52(34)43)25-13-10-9-11-14-25;/h9-18,21-24H,1-8H3;/q-2;+2. The molecule has 7 heteroatoms. The fraction of sp³-hybridized carbons (Fsp3) is 0.250. The smallest absolute Gasteiger partial charge is 0.511 e. The zero-order valence-electron chi connectivity index (χ0n) is 32.0. The average Bonchev–Trinajstić information content (AvgIpc) is 3.95. The van der Waals surface area contributed by atoms with Crippen molar-refractivity contribution in [1.82, 2.24) is 19.2 Å². The van der Waals surface area contributed by atoms with E-state index in [0.29, 0.717) is 0 Å². The van der Waals surface area contributed by atoms with Crippen LogP contribution in [0.4, 0.5) is 0 Å². The van der Waals surface area contributed by atoms with Crippen molar-refractivity contribution in [2.45, 2.75) is 77.0 Å². The van der Waals surface area contributed by atoms with Crippen LogP contribution in [0.1, 0.15) is 77.9 Å². The first-order valence-corrected chi connectivity index (χ1v) is 18.9. The second-order valence-corrected chi connectivity index (χ2v) is 17.8. The quantitative estimate of drug-likeness (QED) is 0.122. The molecule has 0 atom stereocenters. The fourth-order valence-corrected chi connectivity index (χ4v) is 10.0. The zero-order valence-corrected chi connectivity index (χ0v) is 34.3. The van der Waals surface area contributed by atoms with E-state index in [0.717, 1.165) is 82.7 Å². The van der Waals surface area contributed by atoms with Crippen LogP contribution in [0.15, 0.2) is 94.0 Å². The molecule has 0 spiro atoms. The van der Waals surface area contributed by atoms with Crippen LogP contribution in [0.3, 0.4) is 0 Å². The summed E-state index contributed by atoms with van der Waals surface area (Å²) in [5.74, 6) is 0. The molecule has 6 nitrogen and oxygen atoms in total. The van der Waals surface area contributed by atoms with Crippen LogP contribution in [-0.2, 0) is 42.7 Å². The number of hydrogen-bond donors (Lipinski definition) is 0. The van der Waals surface area contributed by atoms with Gasteiger partial charge in [-0.25, -0.2) is 0 Å². The molecular formula is C48H38N4O2Pt. The zero-order chi connectivity index (χ0) is 36.8. The van der Waals surface area contributed by atoms with Crippen molar-refractivity contribution in [3.63, 3.8) is 0 Å². The molecule has 2 aliphatic rings. The summed E-state index contributed by atoms with van der Waals surface area (Å²) >= 11 is 0. The van der Waals surface area contributed by atoms with Gasteiger partial charge in [-0.1, -0.05) is 149 Å². The molecule has 0 unspecified atom stereocenters. The van der Waals surface area contributed by atoms with Crippen molar-refractivity contribution >= 4 is 71.2 Å². The van der Waals surface area contributed by atoms with Gasteiger partial charge in [0.25, 0.3) is 0 Å². The molecule has 10 aromatic rings. The Labute approximate surface area is 332 Å². The molecule has 7 heterocycles. The Balaban J connectivity index is 0.00000352. The Morgan fingerprint density at radius 2 is 1.27 bits per heavy atom. The minimum Gasteiger partial charge on any atom is -0.511 e.